The number of benzene rings is 1. The zero-order valence-corrected chi connectivity index (χ0v) is 19.3. The number of halogens is 1. The van der Waals surface area contributed by atoms with E-state index in [-0.39, 0.29) is 5.92 Å². The molecule has 2 aromatic heterocycles. The van der Waals surface area contributed by atoms with Crippen molar-refractivity contribution in [2.45, 2.75) is 19.8 Å². The monoisotopic (exact) mass is 454 g/mol. The Morgan fingerprint density at radius 3 is 2.77 bits per heavy atom. The van der Waals surface area contributed by atoms with Gasteiger partial charge in [-0.25, -0.2) is 4.98 Å². The van der Waals surface area contributed by atoms with Gasteiger partial charge in [-0.2, -0.15) is 0 Å². The number of rotatable bonds is 3. The van der Waals surface area contributed by atoms with Gasteiger partial charge in [-0.05, 0) is 55.0 Å². The van der Waals surface area contributed by atoms with Crippen molar-refractivity contribution >= 4 is 50.4 Å². The van der Waals surface area contributed by atoms with Crippen molar-refractivity contribution in [2.75, 3.05) is 49.1 Å². The molecule has 3 aromatic rings. The van der Waals surface area contributed by atoms with Crippen LogP contribution in [0.25, 0.3) is 10.1 Å². The zero-order chi connectivity index (χ0) is 21.4. The van der Waals surface area contributed by atoms with Gasteiger partial charge in [0.1, 0.15) is 5.82 Å². The first-order valence-corrected chi connectivity index (χ1v) is 12.2. The van der Waals surface area contributed by atoms with Crippen molar-refractivity contribution in [3.8, 4) is 0 Å². The van der Waals surface area contributed by atoms with Gasteiger partial charge in [0.2, 0.25) is 5.91 Å². The third-order valence-electron chi connectivity index (χ3n) is 6.53. The van der Waals surface area contributed by atoms with Gasteiger partial charge in [-0.15, -0.1) is 11.3 Å². The first-order chi connectivity index (χ1) is 15.1. The Hall–Kier alpha value is -2.31. The summed E-state index contributed by atoms with van der Waals surface area (Å²) in [7, 11) is 0. The predicted molar refractivity (Wildman–Crippen MR) is 130 cm³/mol. The van der Waals surface area contributed by atoms with E-state index in [0.717, 1.165) is 63.0 Å². The fraction of sp³-hybridized carbons (Fsp3) is 0.417. The van der Waals surface area contributed by atoms with Crippen LogP contribution in [0.2, 0.25) is 5.02 Å². The van der Waals surface area contributed by atoms with Gasteiger partial charge in [0, 0.05) is 66.3 Å². The number of aryl methyl sites for hydroxylation is 1. The lowest BCUT2D eigenvalue weighted by atomic mass is 9.96. The van der Waals surface area contributed by atoms with E-state index in [1.54, 1.807) is 11.3 Å². The molecule has 2 aliphatic rings. The number of carbonyl (C=O) groups excluding carboxylic acids is 1. The van der Waals surface area contributed by atoms with E-state index in [4.69, 9.17) is 11.6 Å². The molecule has 4 heterocycles. The summed E-state index contributed by atoms with van der Waals surface area (Å²) in [5, 5.41) is 4.07. The average molecular weight is 455 g/mol. The fourth-order valence-corrected chi connectivity index (χ4v) is 5.79. The van der Waals surface area contributed by atoms with Gasteiger partial charge in [0.15, 0.2) is 0 Å². The van der Waals surface area contributed by atoms with E-state index in [0.29, 0.717) is 5.91 Å². The second-order valence-electron chi connectivity index (χ2n) is 8.50. The summed E-state index contributed by atoms with van der Waals surface area (Å²) in [5.74, 6) is 1.37. The number of amides is 1. The average Bonchev–Trinajstić information content (AvgIpc) is 3.29. The van der Waals surface area contributed by atoms with Crippen LogP contribution in [0.4, 0.5) is 11.5 Å². The van der Waals surface area contributed by atoms with Crippen molar-refractivity contribution in [3.05, 3.63) is 52.5 Å². The van der Waals surface area contributed by atoms with Crippen molar-refractivity contribution in [1.29, 1.82) is 0 Å². The van der Waals surface area contributed by atoms with Crippen LogP contribution in [0.1, 0.15) is 18.4 Å². The van der Waals surface area contributed by atoms with E-state index in [9.17, 15) is 4.79 Å². The van der Waals surface area contributed by atoms with Gasteiger partial charge in [-0.1, -0.05) is 17.7 Å². The number of piperazine rings is 1. The van der Waals surface area contributed by atoms with Crippen molar-refractivity contribution in [2.24, 2.45) is 5.92 Å². The highest BCUT2D eigenvalue weighted by Crippen LogP contribution is 2.32. The lowest BCUT2D eigenvalue weighted by Gasteiger charge is -2.40. The Morgan fingerprint density at radius 1 is 1.10 bits per heavy atom. The van der Waals surface area contributed by atoms with E-state index in [2.05, 4.69) is 50.2 Å². The molecule has 5 rings (SSSR count). The van der Waals surface area contributed by atoms with Crippen LogP contribution in [-0.2, 0) is 4.79 Å². The number of aromatic nitrogens is 1. The van der Waals surface area contributed by atoms with E-state index < -0.39 is 0 Å². The molecule has 1 amide bonds. The van der Waals surface area contributed by atoms with Crippen molar-refractivity contribution in [3.63, 3.8) is 0 Å². The summed E-state index contributed by atoms with van der Waals surface area (Å²) in [6.45, 7) is 7.06. The molecule has 0 unspecified atom stereocenters. The SMILES string of the molecule is Cc1ccc(Cl)cc1N1CCN(C(=O)[C@H]2CCCN(c3nccc4sccc34)C2)CC1. The lowest BCUT2D eigenvalue weighted by Crippen LogP contribution is -2.52. The van der Waals surface area contributed by atoms with Crippen LogP contribution in [0.5, 0.6) is 0 Å². The molecule has 5 nitrogen and oxygen atoms in total. The maximum absolute atomic E-state index is 13.3. The van der Waals surface area contributed by atoms with Gasteiger partial charge in [0.05, 0.1) is 5.92 Å². The van der Waals surface area contributed by atoms with Crippen molar-refractivity contribution < 1.29 is 4.79 Å². The number of nitrogens with zero attached hydrogens (tertiary/aromatic N) is 4. The van der Waals surface area contributed by atoms with E-state index >= 15 is 0 Å². The number of piperidine rings is 1. The molecule has 7 heteroatoms. The first-order valence-electron chi connectivity index (χ1n) is 11.0. The number of hydrogen-bond acceptors (Lipinski definition) is 5. The molecule has 1 aromatic carbocycles. The highest BCUT2D eigenvalue weighted by molar-refractivity contribution is 7.17. The van der Waals surface area contributed by atoms with Gasteiger partial charge in [0.25, 0.3) is 0 Å². The van der Waals surface area contributed by atoms with Crippen LogP contribution in [0.3, 0.4) is 0 Å². The smallest absolute Gasteiger partial charge is 0.227 e. The summed E-state index contributed by atoms with van der Waals surface area (Å²) < 4.78 is 1.26. The van der Waals surface area contributed by atoms with Gasteiger partial charge < -0.3 is 14.7 Å². The highest BCUT2D eigenvalue weighted by atomic mass is 35.5. The third kappa shape index (κ3) is 4.11. The third-order valence-corrected chi connectivity index (χ3v) is 7.65. The molecule has 0 bridgehead atoms. The molecule has 162 valence electrons. The Labute approximate surface area is 192 Å². The van der Waals surface area contributed by atoms with Crippen LogP contribution in [-0.4, -0.2) is 55.1 Å². The minimum Gasteiger partial charge on any atom is -0.368 e. The summed E-state index contributed by atoms with van der Waals surface area (Å²) >= 11 is 7.95. The number of thiophene rings is 1. The predicted octanol–water partition coefficient (Wildman–Crippen LogP) is 4.82. The maximum atomic E-state index is 13.3. The standard InChI is InChI=1S/C24H27ClN4OS/c1-17-4-5-19(25)15-21(17)27-10-12-28(13-11-27)24(30)18-3-2-9-29(16-18)23-20-7-14-31-22(20)6-8-26-23/h4-8,14-15,18H,2-3,9-13,16H2,1H3/t18-/m0/s1. The summed E-state index contributed by atoms with van der Waals surface area (Å²) in [5.41, 5.74) is 2.40. The Bertz CT molecular complexity index is 1090. The number of pyridine rings is 1. The molecule has 0 N–H and O–H groups in total. The number of hydrogen-bond donors (Lipinski definition) is 0. The van der Waals surface area contributed by atoms with Crippen LogP contribution >= 0.6 is 22.9 Å². The van der Waals surface area contributed by atoms with Crippen molar-refractivity contribution in [1.82, 2.24) is 9.88 Å². The lowest BCUT2D eigenvalue weighted by molar-refractivity contribution is -0.136. The quantitative estimate of drug-likeness (QED) is 0.568. The molecule has 2 fully saturated rings. The normalized spacial score (nSPS) is 19.8. The maximum Gasteiger partial charge on any atom is 0.227 e. The molecule has 0 aliphatic carbocycles. The molecule has 0 spiro atoms. The minimum atomic E-state index is 0.0453. The van der Waals surface area contributed by atoms with Crippen LogP contribution in [0, 0.1) is 12.8 Å². The topological polar surface area (TPSA) is 39.7 Å². The molecular formula is C24H27ClN4OS. The summed E-state index contributed by atoms with van der Waals surface area (Å²) in [6, 6.07) is 10.2. The number of anilines is 2. The second-order valence-corrected chi connectivity index (χ2v) is 9.88. The molecule has 2 aliphatic heterocycles. The van der Waals surface area contributed by atoms with Gasteiger partial charge >= 0.3 is 0 Å². The molecule has 1 atom stereocenters. The molecule has 0 saturated carbocycles. The van der Waals surface area contributed by atoms with Crippen LogP contribution < -0.4 is 9.80 Å². The summed E-state index contributed by atoms with van der Waals surface area (Å²) in [4.78, 5) is 24.7. The highest BCUT2D eigenvalue weighted by Gasteiger charge is 2.32. The van der Waals surface area contributed by atoms with E-state index in [1.807, 2.05) is 18.3 Å². The first kappa shape index (κ1) is 20.6. The van der Waals surface area contributed by atoms with Crippen LogP contribution in [0.15, 0.2) is 41.9 Å². The zero-order valence-electron chi connectivity index (χ0n) is 17.8. The Balaban J connectivity index is 1.24. The second kappa shape index (κ2) is 8.67. The molecule has 31 heavy (non-hydrogen) atoms. The summed E-state index contributed by atoms with van der Waals surface area (Å²) in [6.07, 6.45) is 3.87. The number of carbonyl (C=O) groups is 1. The number of fused-ring (bicyclic) bond motifs is 1. The Morgan fingerprint density at radius 2 is 1.94 bits per heavy atom. The largest absolute Gasteiger partial charge is 0.368 e. The van der Waals surface area contributed by atoms with E-state index in [1.165, 1.54) is 21.3 Å². The molecule has 2 saturated heterocycles. The molecular weight excluding hydrogens is 428 g/mol. The Kier molecular flexibility index (Phi) is 5.76. The molecule has 0 radical (unpaired) electrons. The minimum absolute atomic E-state index is 0.0453. The fourth-order valence-electron chi connectivity index (χ4n) is 4.85. The van der Waals surface area contributed by atoms with Gasteiger partial charge in [-0.3, -0.25) is 4.79 Å².